The van der Waals surface area contributed by atoms with Crippen LogP contribution in [0, 0.1) is 5.82 Å². The van der Waals surface area contributed by atoms with Gasteiger partial charge in [0.25, 0.3) is 0 Å². The van der Waals surface area contributed by atoms with E-state index in [9.17, 15) is 9.50 Å². The van der Waals surface area contributed by atoms with Gasteiger partial charge in [0.1, 0.15) is 17.1 Å². The van der Waals surface area contributed by atoms with Gasteiger partial charge in [-0.1, -0.05) is 11.6 Å². The lowest BCUT2D eigenvalue weighted by molar-refractivity contribution is 0.474. The summed E-state index contributed by atoms with van der Waals surface area (Å²) in [5.74, 6) is -0.237. The van der Waals surface area contributed by atoms with Gasteiger partial charge in [-0.25, -0.2) is 9.37 Å². The van der Waals surface area contributed by atoms with Gasteiger partial charge in [-0.15, -0.1) is 0 Å². The smallest absolute Gasteiger partial charge is 0.169 e. The van der Waals surface area contributed by atoms with Crippen molar-refractivity contribution in [1.29, 1.82) is 0 Å². The molecular formula is C12H7ClFN3O. The number of aromatic nitrogens is 3. The first-order valence-electron chi connectivity index (χ1n) is 5.14. The number of nitrogens with one attached hydrogen (secondary N) is 1. The minimum atomic E-state index is -0.579. The zero-order valence-electron chi connectivity index (χ0n) is 8.98. The van der Waals surface area contributed by atoms with Crippen LogP contribution in [0.1, 0.15) is 0 Å². The Labute approximate surface area is 106 Å². The number of aromatic amines is 1. The lowest BCUT2D eigenvalue weighted by Gasteiger charge is -1.98. The molecule has 0 saturated carbocycles. The highest BCUT2D eigenvalue weighted by molar-refractivity contribution is 6.31. The number of nitrogens with zero attached hydrogens (tertiary/aromatic N) is 2. The van der Waals surface area contributed by atoms with Crippen LogP contribution in [0.2, 0.25) is 5.02 Å². The van der Waals surface area contributed by atoms with Crippen molar-refractivity contribution < 1.29 is 9.50 Å². The van der Waals surface area contributed by atoms with Crippen LogP contribution < -0.4 is 0 Å². The predicted octanol–water partition coefficient (Wildman–Crippen LogP) is 3.12. The van der Waals surface area contributed by atoms with E-state index in [0.29, 0.717) is 16.9 Å². The number of rotatable bonds is 1. The first kappa shape index (κ1) is 11.0. The largest absolute Gasteiger partial charge is 0.506 e. The molecule has 0 radical (unpaired) electrons. The molecule has 2 aromatic heterocycles. The summed E-state index contributed by atoms with van der Waals surface area (Å²) in [5, 5.41) is 9.68. The highest BCUT2D eigenvalue weighted by Gasteiger charge is 2.13. The van der Waals surface area contributed by atoms with Crippen LogP contribution >= 0.6 is 11.6 Å². The third kappa shape index (κ3) is 1.60. The van der Waals surface area contributed by atoms with Crippen LogP contribution in [0.4, 0.5) is 4.39 Å². The van der Waals surface area contributed by atoms with Crippen LogP contribution in [0.3, 0.4) is 0 Å². The van der Waals surface area contributed by atoms with Gasteiger partial charge in [0, 0.05) is 6.20 Å². The summed E-state index contributed by atoms with van der Waals surface area (Å²) in [6, 6.07) is 4.68. The van der Waals surface area contributed by atoms with Crippen molar-refractivity contribution >= 4 is 22.6 Å². The average molecular weight is 264 g/mol. The molecule has 0 unspecified atom stereocenters. The molecule has 0 aliphatic heterocycles. The Morgan fingerprint density at radius 2 is 2.11 bits per heavy atom. The lowest BCUT2D eigenvalue weighted by Crippen LogP contribution is -1.82. The van der Waals surface area contributed by atoms with E-state index in [2.05, 4.69) is 15.0 Å². The molecule has 0 bridgehead atoms. The number of hydrogen-bond acceptors (Lipinski definition) is 3. The van der Waals surface area contributed by atoms with E-state index in [1.54, 1.807) is 12.1 Å². The molecule has 0 amide bonds. The Bertz CT molecular complexity index is 741. The van der Waals surface area contributed by atoms with E-state index < -0.39 is 5.82 Å². The summed E-state index contributed by atoms with van der Waals surface area (Å²) in [6.07, 6.45) is 2.82. The second-order valence-electron chi connectivity index (χ2n) is 3.74. The Morgan fingerprint density at radius 3 is 2.89 bits per heavy atom. The van der Waals surface area contributed by atoms with Crippen molar-refractivity contribution in [3.63, 3.8) is 0 Å². The Balaban J connectivity index is 2.26. The summed E-state index contributed by atoms with van der Waals surface area (Å²) in [4.78, 5) is 10.8. The molecule has 0 aliphatic carbocycles. The molecular weight excluding hydrogens is 257 g/mol. The van der Waals surface area contributed by atoms with Crippen molar-refractivity contribution in [2.45, 2.75) is 0 Å². The van der Waals surface area contributed by atoms with Gasteiger partial charge in [-0.2, -0.15) is 0 Å². The van der Waals surface area contributed by atoms with Gasteiger partial charge in [-0.3, -0.25) is 4.98 Å². The van der Waals surface area contributed by atoms with Gasteiger partial charge in [0.05, 0.1) is 22.3 Å². The van der Waals surface area contributed by atoms with E-state index in [4.69, 9.17) is 11.6 Å². The topological polar surface area (TPSA) is 61.8 Å². The summed E-state index contributed by atoms with van der Waals surface area (Å²) in [6.45, 7) is 0. The fourth-order valence-electron chi connectivity index (χ4n) is 1.73. The molecule has 2 N–H and O–H groups in total. The molecule has 0 aliphatic rings. The van der Waals surface area contributed by atoms with Gasteiger partial charge in [-0.05, 0) is 18.2 Å². The highest BCUT2D eigenvalue weighted by atomic mass is 35.5. The molecule has 90 valence electrons. The zero-order chi connectivity index (χ0) is 12.7. The van der Waals surface area contributed by atoms with Gasteiger partial charge in [0.2, 0.25) is 0 Å². The fourth-order valence-corrected chi connectivity index (χ4v) is 1.88. The molecule has 6 heteroatoms. The number of benzene rings is 1. The summed E-state index contributed by atoms with van der Waals surface area (Å²) >= 11 is 5.69. The molecule has 3 rings (SSSR count). The van der Waals surface area contributed by atoms with Crippen molar-refractivity contribution in [2.75, 3.05) is 0 Å². The van der Waals surface area contributed by atoms with Crippen LogP contribution in [-0.2, 0) is 0 Å². The SMILES string of the molecule is Oc1cnccc1-c1nc2c(F)c(Cl)ccc2[nH]1. The van der Waals surface area contributed by atoms with E-state index in [-0.39, 0.29) is 16.3 Å². The van der Waals surface area contributed by atoms with Crippen LogP contribution in [0.5, 0.6) is 5.75 Å². The number of hydrogen-bond donors (Lipinski definition) is 2. The minimum absolute atomic E-state index is 0.0134. The maximum atomic E-state index is 13.7. The molecule has 0 fully saturated rings. The monoisotopic (exact) mass is 263 g/mol. The van der Waals surface area contributed by atoms with Gasteiger partial charge < -0.3 is 10.1 Å². The molecule has 0 saturated heterocycles. The third-order valence-electron chi connectivity index (χ3n) is 2.60. The second kappa shape index (κ2) is 3.96. The maximum absolute atomic E-state index is 13.7. The quantitative estimate of drug-likeness (QED) is 0.709. The number of halogens is 2. The van der Waals surface area contributed by atoms with Crippen molar-refractivity contribution in [1.82, 2.24) is 15.0 Å². The molecule has 0 spiro atoms. The van der Waals surface area contributed by atoms with Gasteiger partial charge in [0.15, 0.2) is 5.82 Å². The zero-order valence-corrected chi connectivity index (χ0v) is 9.74. The van der Waals surface area contributed by atoms with Gasteiger partial charge >= 0.3 is 0 Å². The first-order chi connectivity index (χ1) is 8.66. The fraction of sp³-hybridized carbons (Fsp3) is 0. The number of pyridine rings is 1. The van der Waals surface area contributed by atoms with E-state index in [0.717, 1.165) is 0 Å². The molecule has 3 aromatic rings. The highest BCUT2D eigenvalue weighted by Crippen LogP contribution is 2.29. The number of imidazole rings is 1. The average Bonchev–Trinajstić information content (AvgIpc) is 2.79. The number of aromatic hydroxyl groups is 1. The normalized spacial score (nSPS) is 11.0. The minimum Gasteiger partial charge on any atom is -0.506 e. The summed E-state index contributed by atoms with van der Waals surface area (Å²) in [7, 11) is 0. The first-order valence-corrected chi connectivity index (χ1v) is 5.51. The summed E-state index contributed by atoms with van der Waals surface area (Å²) < 4.78 is 13.7. The van der Waals surface area contributed by atoms with E-state index in [1.807, 2.05) is 0 Å². The number of fused-ring (bicyclic) bond motifs is 1. The Morgan fingerprint density at radius 1 is 1.28 bits per heavy atom. The molecule has 2 heterocycles. The third-order valence-corrected chi connectivity index (χ3v) is 2.89. The van der Waals surface area contributed by atoms with E-state index >= 15 is 0 Å². The van der Waals surface area contributed by atoms with Crippen LogP contribution in [0.25, 0.3) is 22.4 Å². The summed E-state index contributed by atoms with van der Waals surface area (Å²) in [5.41, 5.74) is 1.12. The predicted molar refractivity (Wildman–Crippen MR) is 66.0 cm³/mol. The molecule has 4 nitrogen and oxygen atoms in total. The Kier molecular flexibility index (Phi) is 2.41. The van der Waals surface area contributed by atoms with Crippen molar-refractivity contribution in [3.8, 4) is 17.1 Å². The standard InChI is InChI=1S/C12H7ClFN3O/c13-7-1-2-8-11(10(7)14)17-12(16-8)6-3-4-15-5-9(6)18/h1-5,18H,(H,16,17). The maximum Gasteiger partial charge on any atom is 0.169 e. The molecule has 1 aromatic carbocycles. The van der Waals surface area contributed by atoms with Crippen LogP contribution in [-0.4, -0.2) is 20.1 Å². The lowest BCUT2D eigenvalue weighted by atomic mass is 10.2. The Hall–Kier alpha value is -2.14. The van der Waals surface area contributed by atoms with Crippen molar-refractivity contribution in [3.05, 3.63) is 41.4 Å². The molecule has 18 heavy (non-hydrogen) atoms. The van der Waals surface area contributed by atoms with Crippen LogP contribution in [0.15, 0.2) is 30.6 Å². The molecule has 0 atom stereocenters. The van der Waals surface area contributed by atoms with E-state index in [1.165, 1.54) is 18.5 Å². The number of H-pyrrole nitrogens is 1. The second-order valence-corrected chi connectivity index (χ2v) is 4.14. The van der Waals surface area contributed by atoms with Crippen molar-refractivity contribution in [2.24, 2.45) is 0 Å².